The Labute approximate surface area is 98.7 Å². The Morgan fingerprint density at radius 1 is 1.25 bits per heavy atom. The van der Waals surface area contributed by atoms with Crippen LogP contribution in [0.15, 0.2) is 30.3 Å². The van der Waals surface area contributed by atoms with Gasteiger partial charge in [-0.25, -0.2) is 0 Å². The van der Waals surface area contributed by atoms with E-state index in [9.17, 15) is 0 Å². The number of benzene rings is 1. The molecule has 0 amide bonds. The molecule has 1 aliphatic rings. The van der Waals surface area contributed by atoms with Gasteiger partial charge in [-0.05, 0) is 38.4 Å². The average molecular weight is 218 g/mol. The standard InChI is InChI=1S/C14H22N2/c1-13-11-16(10-6-5-9-15-13)12-14-7-3-2-4-8-14/h2-4,7-8,13,15H,5-6,9-12H2,1H3. The summed E-state index contributed by atoms with van der Waals surface area (Å²) in [6, 6.07) is 11.4. The van der Waals surface area contributed by atoms with Gasteiger partial charge in [0, 0.05) is 19.1 Å². The molecule has 1 unspecified atom stereocenters. The highest BCUT2D eigenvalue weighted by atomic mass is 15.1. The van der Waals surface area contributed by atoms with Crippen molar-refractivity contribution in [3.63, 3.8) is 0 Å². The molecule has 1 heterocycles. The molecule has 1 atom stereocenters. The normalized spacial score (nSPS) is 23.7. The summed E-state index contributed by atoms with van der Waals surface area (Å²) in [6.07, 6.45) is 2.61. The number of nitrogens with one attached hydrogen (secondary N) is 1. The van der Waals surface area contributed by atoms with Crippen molar-refractivity contribution in [1.29, 1.82) is 0 Å². The first-order chi connectivity index (χ1) is 7.84. The van der Waals surface area contributed by atoms with Crippen LogP contribution in [0.25, 0.3) is 0 Å². The zero-order chi connectivity index (χ0) is 11.2. The molecule has 2 heteroatoms. The molecular formula is C14H22N2. The number of nitrogens with zero attached hydrogens (tertiary/aromatic N) is 1. The summed E-state index contributed by atoms with van der Waals surface area (Å²) in [4.78, 5) is 2.56. The van der Waals surface area contributed by atoms with Gasteiger partial charge in [-0.1, -0.05) is 30.3 Å². The van der Waals surface area contributed by atoms with E-state index in [0.29, 0.717) is 6.04 Å². The number of hydrogen-bond acceptors (Lipinski definition) is 2. The Balaban J connectivity index is 1.91. The highest BCUT2D eigenvalue weighted by Gasteiger charge is 2.12. The van der Waals surface area contributed by atoms with Gasteiger partial charge in [-0.15, -0.1) is 0 Å². The Bertz CT molecular complexity index is 297. The maximum absolute atomic E-state index is 3.56. The fourth-order valence-electron chi connectivity index (χ4n) is 2.34. The van der Waals surface area contributed by atoms with Crippen LogP contribution in [0.5, 0.6) is 0 Å². The van der Waals surface area contributed by atoms with E-state index >= 15 is 0 Å². The lowest BCUT2D eigenvalue weighted by atomic mass is 10.1. The first kappa shape index (κ1) is 11.6. The molecule has 0 radical (unpaired) electrons. The third kappa shape index (κ3) is 3.62. The quantitative estimate of drug-likeness (QED) is 0.819. The van der Waals surface area contributed by atoms with Gasteiger partial charge in [0.25, 0.3) is 0 Å². The maximum Gasteiger partial charge on any atom is 0.0234 e. The third-order valence-corrected chi connectivity index (χ3v) is 3.17. The van der Waals surface area contributed by atoms with E-state index in [2.05, 4.69) is 47.5 Å². The van der Waals surface area contributed by atoms with Crippen LogP contribution in [0, 0.1) is 0 Å². The van der Waals surface area contributed by atoms with E-state index in [-0.39, 0.29) is 0 Å². The molecule has 1 aromatic rings. The molecule has 1 saturated heterocycles. The van der Waals surface area contributed by atoms with Crippen LogP contribution in [0.3, 0.4) is 0 Å². The minimum Gasteiger partial charge on any atom is -0.313 e. The van der Waals surface area contributed by atoms with Gasteiger partial charge in [0.05, 0.1) is 0 Å². The summed E-state index contributed by atoms with van der Waals surface area (Å²) in [5, 5.41) is 3.56. The van der Waals surface area contributed by atoms with Gasteiger partial charge in [0.1, 0.15) is 0 Å². The minimum atomic E-state index is 0.615. The molecule has 0 bridgehead atoms. The third-order valence-electron chi connectivity index (χ3n) is 3.17. The second kappa shape index (κ2) is 6.02. The average Bonchev–Trinajstić information content (AvgIpc) is 2.27. The fraction of sp³-hybridized carbons (Fsp3) is 0.571. The maximum atomic E-state index is 3.56. The van der Waals surface area contributed by atoms with Crippen molar-refractivity contribution in [2.75, 3.05) is 19.6 Å². The predicted molar refractivity (Wildman–Crippen MR) is 68.4 cm³/mol. The van der Waals surface area contributed by atoms with Crippen LogP contribution in [0.4, 0.5) is 0 Å². The lowest BCUT2D eigenvalue weighted by Gasteiger charge is -2.28. The number of hydrogen-bond donors (Lipinski definition) is 1. The zero-order valence-electron chi connectivity index (χ0n) is 10.2. The SMILES string of the molecule is CC1CN(Cc2ccccc2)CCCCN1. The van der Waals surface area contributed by atoms with E-state index in [1.165, 1.54) is 31.5 Å². The summed E-state index contributed by atoms with van der Waals surface area (Å²) < 4.78 is 0. The molecule has 0 aliphatic carbocycles. The van der Waals surface area contributed by atoms with Crippen molar-refractivity contribution >= 4 is 0 Å². The van der Waals surface area contributed by atoms with Crippen LogP contribution in [-0.2, 0) is 6.54 Å². The van der Waals surface area contributed by atoms with Crippen molar-refractivity contribution in [2.45, 2.75) is 32.4 Å². The van der Waals surface area contributed by atoms with Crippen molar-refractivity contribution in [2.24, 2.45) is 0 Å². The van der Waals surface area contributed by atoms with Gasteiger partial charge in [-0.3, -0.25) is 4.90 Å². The van der Waals surface area contributed by atoms with Crippen LogP contribution in [0.1, 0.15) is 25.3 Å². The summed E-state index contributed by atoms with van der Waals surface area (Å²) in [5.41, 5.74) is 1.43. The van der Waals surface area contributed by atoms with E-state index in [1.807, 2.05) is 0 Å². The van der Waals surface area contributed by atoms with Crippen molar-refractivity contribution in [1.82, 2.24) is 10.2 Å². The molecule has 0 aromatic heterocycles. The van der Waals surface area contributed by atoms with Gasteiger partial charge < -0.3 is 5.32 Å². The van der Waals surface area contributed by atoms with Gasteiger partial charge in [0.2, 0.25) is 0 Å². The fourth-order valence-corrected chi connectivity index (χ4v) is 2.34. The molecule has 1 fully saturated rings. The van der Waals surface area contributed by atoms with Gasteiger partial charge >= 0.3 is 0 Å². The van der Waals surface area contributed by atoms with E-state index in [0.717, 1.165) is 13.1 Å². The molecule has 0 spiro atoms. The van der Waals surface area contributed by atoms with Crippen molar-refractivity contribution in [3.05, 3.63) is 35.9 Å². The first-order valence-electron chi connectivity index (χ1n) is 6.34. The van der Waals surface area contributed by atoms with E-state index in [4.69, 9.17) is 0 Å². The summed E-state index contributed by atoms with van der Waals surface area (Å²) >= 11 is 0. The van der Waals surface area contributed by atoms with E-state index < -0.39 is 0 Å². The van der Waals surface area contributed by atoms with Gasteiger partial charge in [-0.2, -0.15) is 0 Å². The van der Waals surface area contributed by atoms with Crippen LogP contribution >= 0.6 is 0 Å². The van der Waals surface area contributed by atoms with E-state index in [1.54, 1.807) is 0 Å². The lowest BCUT2D eigenvalue weighted by Crippen LogP contribution is -2.41. The Hall–Kier alpha value is -0.860. The Morgan fingerprint density at radius 2 is 2.06 bits per heavy atom. The second-order valence-corrected chi connectivity index (χ2v) is 4.78. The molecule has 1 aromatic carbocycles. The molecule has 2 rings (SSSR count). The molecule has 16 heavy (non-hydrogen) atoms. The monoisotopic (exact) mass is 218 g/mol. The highest BCUT2D eigenvalue weighted by molar-refractivity contribution is 5.14. The van der Waals surface area contributed by atoms with Crippen LogP contribution < -0.4 is 5.32 Å². The molecular weight excluding hydrogens is 196 g/mol. The molecule has 2 nitrogen and oxygen atoms in total. The lowest BCUT2D eigenvalue weighted by molar-refractivity contribution is 0.220. The predicted octanol–water partition coefficient (Wildman–Crippen LogP) is 2.26. The molecule has 1 aliphatic heterocycles. The highest BCUT2D eigenvalue weighted by Crippen LogP contribution is 2.08. The molecule has 1 N–H and O–H groups in total. The van der Waals surface area contributed by atoms with Crippen molar-refractivity contribution < 1.29 is 0 Å². The largest absolute Gasteiger partial charge is 0.313 e. The first-order valence-corrected chi connectivity index (χ1v) is 6.34. The topological polar surface area (TPSA) is 15.3 Å². The number of rotatable bonds is 2. The molecule has 0 saturated carbocycles. The van der Waals surface area contributed by atoms with Crippen molar-refractivity contribution in [3.8, 4) is 0 Å². The van der Waals surface area contributed by atoms with Crippen LogP contribution in [0.2, 0.25) is 0 Å². The Morgan fingerprint density at radius 3 is 2.88 bits per heavy atom. The Kier molecular flexibility index (Phi) is 4.37. The smallest absolute Gasteiger partial charge is 0.0234 e. The second-order valence-electron chi connectivity index (χ2n) is 4.78. The summed E-state index contributed by atoms with van der Waals surface area (Å²) in [5.74, 6) is 0. The van der Waals surface area contributed by atoms with Crippen LogP contribution in [-0.4, -0.2) is 30.6 Å². The minimum absolute atomic E-state index is 0.615. The van der Waals surface area contributed by atoms with Gasteiger partial charge in [0.15, 0.2) is 0 Å². The summed E-state index contributed by atoms with van der Waals surface area (Å²) in [6.45, 7) is 6.95. The summed E-state index contributed by atoms with van der Waals surface area (Å²) in [7, 11) is 0. The zero-order valence-corrected chi connectivity index (χ0v) is 10.2. The molecule has 88 valence electrons.